The molecule has 0 bridgehead atoms. The Kier molecular flexibility index (Phi) is 4.66. The van der Waals surface area contributed by atoms with Crippen LogP contribution < -0.4 is 4.74 Å². The summed E-state index contributed by atoms with van der Waals surface area (Å²) in [5.41, 5.74) is 4.01. The largest absolute Gasteiger partial charge is 0.496 e. The normalized spacial score (nSPS) is 16.2. The summed E-state index contributed by atoms with van der Waals surface area (Å²) in [6.45, 7) is 5.11. The number of rotatable bonds is 5. The molecule has 1 aromatic heterocycles. The molecular formula is C17H23N3O3. The molecule has 6 nitrogen and oxygen atoms in total. The van der Waals surface area contributed by atoms with E-state index >= 15 is 0 Å². The highest BCUT2D eigenvalue weighted by molar-refractivity contribution is 5.36. The van der Waals surface area contributed by atoms with Gasteiger partial charge in [0.15, 0.2) is 0 Å². The van der Waals surface area contributed by atoms with E-state index in [2.05, 4.69) is 29.1 Å². The molecule has 0 aliphatic carbocycles. The van der Waals surface area contributed by atoms with Gasteiger partial charge < -0.3 is 14.9 Å². The number of hydrogen-bond donors (Lipinski definition) is 2. The van der Waals surface area contributed by atoms with Crippen molar-refractivity contribution in [3.63, 3.8) is 0 Å². The number of aliphatic hydroxyl groups is 2. The third-order valence-corrected chi connectivity index (χ3v) is 4.28. The summed E-state index contributed by atoms with van der Waals surface area (Å²) in [4.78, 5) is 2.35. The van der Waals surface area contributed by atoms with Crippen LogP contribution >= 0.6 is 0 Å². The maximum Gasteiger partial charge on any atom is 0.121 e. The molecule has 0 amide bonds. The van der Waals surface area contributed by atoms with Crippen LogP contribution in [-0.4, -0.2) is 45.2 Å². The lowest BCUT2D eigenvalue weighted by atomic mass is 10.1. The smallest absolute Gasteiger partial charge is 0.121 e. The van der Waals surface area contributed by atoms with Crippen molar-refractivity contribution in [1.29, 1.82) is 0 Å². The zero-order valence-electron chi connectivity index (χ0n) is 13.6. The summed E-state index contributed by atoms with van der Waals surface area (Å²) in [7, 11) is 1.69. The maximum atomic E-state index is 9.71. The van der Waals surface area contributed by atoms with Crippen LogP contribution in [0.25, 0.3) is 0 Å². The fourth-order valence-electron chi connectivity index (χ4n) is 3.03. The lowest BCUT2D eigenvalue weighted by molar-refractivity contribution is 0.0915. The molecule has 0 unspecified atom stereocenters. The summed E-state index contributed by atoms with van der Waals surface area (Å²) in [6.07, 6.45) is -0.897. The van der Waals surface area contributed by atoms with Gasteiger partial charge in [-0.3, -0.25) is 9.58 Å². The third kappa shape index (κ3) is 3.39. The zero-order chi connectivity index (χ0) is 16.4. The average molecular weight is 317 g/mol. The number of aliphatic hydroxyl groups excluding tert-OH is 2. The van der Waals surface area contributed by atoms with Crippen LogP contribution in [0, 0.1) is 6.92 Å². The lowest BCUT2D eigenvalue weighted by Gasteiger charge is -2.27. The predicted octanol–water partition coefficient (Wildman–Crippen LogP) is 1.24. The van der Waals surface area contributed by atoms with Gasteiger partial charge >= 0.3 is 0 Å². The molecule has 3 rings (SSSR count). The first-order chi connectivity index (χ1) is 11.1. The Labute approximate surface area is 135 Å². The molecule has 124 valence electrons. The molecule has 6 heteroatoms. The van der Waals surface area contributed by atoms with Gasteiger partial charge in [-0.15, -0.1) is 0 Å². The number of fused-ring (bicyclic) bond motifs is 1. The number of methoxy groups -OCH3 is 1. The quantitative estimate of drug-likeness (QED) is 0.868. The van der Waals surface area contributed by atoms with E-state index in [1.807, 2.05) is 16.8 Å². The number of nitrogens with zero attached hydrogens (tertiary/aromatic N) is 3. The van der Waals surface area contributed by atoms with E-state index in [1.54, 1.807) is 7.11 Å². The Balaban J connectivity index is 1.70. The first-order valence-corrected chi connectivity index (χ1v) is 7.82. The van der Waals surface area contributed by atoms with Crippen molar-refractivity contribution < 1.29 is 14.9 Å². The van der Waals surface area contributed by atoms with Crippen molar-refractivity contribution in [2.24, 2.45) is 0 Å². The van der Waals surface area contributed by atoms with Crippen molar-refractivity contribution in [3.05, 3.63) is 46.8 Å². The Morgan fingerprint density at radius 2 is 2.13 bits per heavy atom. The monoisotopic (exact) mass is 317 g/mol. The van der Waals surface area contributed by atoms with Gasteiger partial charge in [0.25, 0.3) is 0 Å². The lowest BCUT2D eigenvalue weighted by Crippen LogP contribution is -2.33. The first-order valence-electron chi connectivity index (χ1n) is 7.82. The predicted molar refractivity (Wildman–Crippen MR) is 86.1 cm³/mol. The van der Waals surface area contributed by atoms with Gasteiger partial charge in [0.1, 0.15) is 11.9 Å². The molecule has 2 heterocycles. The fraction of sp³-hybridized carbons (Fsp3) is 0.471. The molecule has 0 spiro atoms. The molecule has 0 saturated carbocycles. The molecule has 1 aromatic carbocycles. The van der Waals surface area contributed by atoms with Crippen molar-refractivity contribution in [3.8, 4) is 5.75 Å². The van der Waals surface area contributed by atoms with Crippen LogP contribution in [0.5, 0.6) is 5.75 Å². The molecule has 1 atom stereocenters. The minimum Gasteiger partial charge on any atom is -0.496 e. The Morgan fingerprint density at radius 1 is 1.30 bits per heavy atom. The second kappa shape index (κ2) is 6.70. The van der Waals surface area contributed by atoms with Crippen LogP contribution in [0.2, 0.25) is 0 Å². The van der Waals surface area contributed by atoms with E-state index in [0.717, 1.165) is 43.2 Å². The van der Waals surface area contributed by atoms with Crippen molar-refractivity contribution in [2.75, 3.05) is 20.3 Å². The molecule has 1 aliphatic rings. The van der Waals surface area contributed by atoms with Crippen molar-refractivity contribution >= 4 is 0 Å². The van der Waals surface area contributed by atoms with Crippen molar-refractivity contribution in [2.45, 2.75) is 32.7 Å². The maximum absolute atomic E-state index is 9.71. The van der Waals surface area contributed by atoms with E-state index in [1.165, 1.54) is 5.56 Å². The van der Waals surface area contributed by atoms with Crippen molar-refractivity contribution in [1.82, 2.24) is 14.7 Å². The standard InChI is InChI=1S/C17H23N3O3/c1-12-7-13(3-4-17(12)23-2)9-19-5-6-20-14(10-19)8-15(18-20)16(22)11-21/h3-4,7-8,16,21-22H,5-6,9-11H2,1-2H3/t16-/m0/s1. The minimum absolute atomic E-state index is 0.300. The molecule has 0 saturated heterocycles. The molecule has 0 fully saturated rings. The second-order valence-corrected chi connectivity index (χ2v) is 6.00. The summed E-state index contributed by atoms with van der Waals surface area (Å²) in [6, 6.07) is 8.14. The third-order valence-electron chi connectivity index (χ3n) is 4.28. The highest BCUT2D eigenvalue weighted by Gasteiger charge is 2.21. The van der Waals surface area contributed by atoms with Gasteiger partial charge in [-0.25, -0.2) is 0 Å². The number of aryl methyl sites for hydroxylation is 1. The molecule has 1 aliphatic heterocycles. The number of aromatic nitrogens is 2. The molecule has 23 heavy (non-hydrogen) atoms. The van der Waals surface area contributed by atoms with E-state index in [4.69, 9.17) is 9.84 Å². The topological polar surface area (TPSA) is 70.8 Å². The zero-order valence-corrected chi connectivity index (χ0v) is 13.6. The Hall–Kier alpha value is -1.89. The van der Waals surface area contributed by atoms with E-state index in [9.17, 15) is 5.11 Å². The summed E-state index contributed by atoms with van der Waals surface area (Å²) in [5.74, 6) is 0.910. The van der Waals surface area contributed by atoms with Gasteiger partial charge in [0.05, 0.1) is 31.6 Å². The second-order valence-electron chi connectivity index (χ2n) is 6.00. The number of benzene rings is 1. The highest BCUT2D eigenvalue weighted by atomic mass is 16.5. The van der Waals surface area contributed by atoms with Crippen LogP contribution in [-0.2, 0) is 19.6 Å². The SMILES string of the molecule is COc1ccc(CN2CCn3nc([C@@H](O)CO)cc3C2)cc1C. The van der Waals surface area contributed by atoms with Gasteiger partial charge in [-0.1, -0.05) is 12.1 Å². The van der Waals surface area contributed by atoms with Crippen LogP contribution in [0.15, 0.2) is 24.3 Å². The minimum atomic E-state index is -0.897. The van der Waals surface area contributed by atoms with E-state index in [0.29, 0.717) is 5.69 Å². The van der Waals surface area contributed by atoms with Crippen LogP contribution in [0.1, 0.15) is 28.6 Å². The van der Waals surface area contributed by atoms with Gasteiger partial charge in [0, 0.05) is 19.6 Å². The molecular weight excluding hydrogens is 294 g/mol. The number of hydrogen-bond acceptors (Lipinski definition) is 5. The molecule has 2 N–H and O–H groups in total. The van der Waals surface area contributed by atoms with Gasteiger partial charge in [-0.05, 0) is 30.2 Å². The summed E-state index contributed by atoms with van der Waals surface area (Å²) < 4.78 is 7.22. The van der Waals surface area contributed by atoms with Gasteiger partial charge in [0.2, 0.25) is 0 Å². The Bertz CT molecular complexity index is 684. The average Bonchev–Trinajstić information content (AvgIpc) is 2.97. The van der Waals surface area contributed by atoms with E-state index in [-0.39, 0.29) is 6.61 Å². The summed E-state index contributed by atoms with van der Waals surface area (Å²) >= 11 is 0. The molecule has 0 radical (unpaired) electrons. The number of ether oxygens (including phenoxy) is 1. The highest BCUT2D eigenvalue weighted by Crippen LogP contribution is 2.22. The molecule has 2 aromatic rings. The van der Waals surface area contributed by atoms with Crippen LogP contribution in [0.4, 0.5) is 0 Å². The van der Waals surface area contributed by atoms with E-state index < -0.39 is 6.10 Å². The summed E-state index contributed by atoms with van der Waals surface area (Å²) in [5, 5.41) is 23.1. The Morgan fingerprint density at radius 3 is 2.83 bits per heavy atom. The van der Waals surface area contributed by atoms with Gasteiger partial charge in [-0.2, -0.15) is 5.10 Å². The van der Waals surface area contributed by atoms with Crippen LogP contribution in [0.3, 0.4) is 0 Å². The first kappa shape index (κ1) is 16.0. The fourth-order valence-corrected chi connectivity index (χ4v) is 3.03.